The van der Waals surface area contributed by atoms with Crippen LogP contribution < -0.4 is 0 Å². The lowest BCUT2D eigenvalue weighted by molar-refractivity contribution is 0.0670. The first kappa shape index (κ1) is 23.3. The van der Waals surface area contributed by atoms with Crippen molar-refractivity contribution in [2.45, 2.75) is 43.4 Å². The van der Waals surface area contributed by atoms with Gasteiger partial charge in [0.1, 0.15) is 5.83 Å². The molecule has 0 N–H and O–H groups in total. The third kappa shape index (κ3) is 5.06. The number of hydrogen-bond acceptors (Lipinski definition) is 4. The van der Waals surface area contributed by atoms with Crippen LogP contribution in [0.5, 0.6) is 0 Å². The van der Waals surface area contributed by atoms with Crippen LogP contribution in [0.1, 0.15) is 49.5 Å². The van der Waals surface area contributed by atoms with Gasteiger partial charge in [0.15, 0.2) is 0 Å². The van der Waals surface area contributed by atoms with Crippen molar-refractivity contribution in [1.29, 1.82) is 0 Å². The van der Waals surface area contributed by atoms with E-state index in [0.29, 0.717) is 37.4 Å². The molecule has 2 aliphatic rings. The molecule has 1 saturated heterocycles. The highest BCUT2D eigenvalue weighted by atomic mass is 32.2. The molecule has 2 heterocycles. The van der Waals surface area contributed by atoms with E-state index in [1.54, 1.807) is 17.8 Å². The van der Waals surface area contributed by atoms with E-state index in [9.17, 15) is 9.18 Å². The van der Waals surface area contributed by atoms with Gasteiger partial charge in [-0.15, -0.1) is 0 Å². The van der Waals surface area contributed by atoms with E-state index >= 15 is 0 Å². The van der Waals surface area contributed by atoms with Crippen LogP contribution in [0, 0.1) is 0 Å². The number of benzene rings is 2. The summed E-state index contributed by atoms with van der Waals surface area (Å²) in [7, 11) is 0. The van der Waals surface area contributed by atoms with Crippen LogP contribution in [0.2, 0.25) is 0 Å². The summed E-state index contributed by atoms with van der Waals surface area (Å²) < 4.78 is 13.9. The first-order valence-corrected chi connectivity index (χ1v) is 12.4. The molecule has 0 saturated carbocycles. The number of nitrogens with zero attached hydrogens (tertiary/aromatic N) is 3. The van der Waals surface area contributed by atoms with Crippen LogP contribution in [-0.4, -0.2) is 47.6 Å². The Morgan fingerprint density at radius 3 is 2.52 bits per heavy atom. The lowest BCUT2D eigenvalue weighted by atomic mass is 10.1. The van der Waals surface area contributed by atoms with E-state index < -0.39 is 0 Å². The summed E-state index contributed by atoms with van der Waals surface area (Å²) in [4.78, 5) is 24.4. The quantitative estimate of drug-likeness (QED) is 0.468. The van der Waals surface area contributed by atoms with Crippen LogP contribution >= 0.6 is 11.8 Å². The molecule has 0 atom stereocenters. The predicted molar refractivity (Wildman–Crippen MR) is 134 cm³/mol. The fraction of sp³-hybridized carbons (Fsp3) is 0.333. The fourth-order valence-corrected chi connectivity index (χ4v) is 5.32. The molecule has 4 nitrogen and oxygen atoms in total. The molecule has 2 aliphatic heterocycles. The second-order valence-electron chi connectivity index (χ2n) is 8.29. The number of allylic oxidation sites excluding steroid dienone is 3. The Morgan fingerprint density at radius 2 is 1.82 bits per heavy atom. The van der Waals surface area contributed by atoms with Gasteiger partial charge in [0.05, 0.1) is 11.4 Å². The van der Waals surface area contributed by atoms with Gasteiger partial charge in [0.25, 0.3) is 5.91 Å². The van der Waals surface area contributed by atoms with Crippen molar-refractivity contribution in [3.8, 4) is 0 Å². The van der Waals surface area contributed by atoms with Crippen LogP contribution in [0.25, 0.3) is 0 Å². The highest BCUT2D eigenvalue weighted by Gasteiger charge is 2.25. The Hall–Kier alpha value is -2.86. The predicted octanol–water partition coefficient (Wildman–Crippen LogP) is 6.61. The molecule has 2 aromatic rings. The molecule has 2 aromatic carbocycles. The monoisotopic (exact) mass is 463 g/mol. The summed E-state index contributed by atoms with van der Waals surface area (Å²) in [6, 6.07) is 14.2. The second kappa shape index (κ2) is 10.4. The van der Waals surface area contributed by atoms with Gasteiger partial charge < -0.3 is 9.80 Å². The Bertz CT molecular complexity index is 1130. The van der Waals surface area contributed by atoms with Gasteiger partial charge in [-0.2, -0.15) is 0 Å². The Balaban J connectivity index is 1.55. The summed E-state index contributed by atoms with van der Waals surface area (Å²) in [6.45, 7) is 7.87. The van der Waals surface area contributed by atoms with E-state index in [-0.39, 0.29) is 11.7 Å². The zero-order valence-electron chi connectivity index (χ0n) is 19.5. The molecule has 33 heavy (non-hydrogen) atoms. The van der Waals surface area contributed by atoms with Gasteiger partial charge >= 0.3 is 0 Å². The van der Waals surface area contributed by atoms with Crippen LogP contribution in [0.15, 0.2) is 80.9 Å². The molecule has 0 radical (unpaired) electrons. The molecule has 0 spiro atoms. The van der Waals surface area contributed by atoms with E-state index in [2.05, 4.69) is 31.2 Å². The topological polar surface area (TPSA) is 35.9 Å². The van der Waals surface area contributed by atoms with Gasteiger partial charge in [-0.1, -0.05) is 49.4 Å². The number of aliphatic imine (C=N–C) groups is 1. The third-order valence-electron chi connectivity index (χ3n) is 5.95. The van der Waals surface area contributed by atoms with Gasteiger partial charge in [-0.05, 0) is 50.6 Å². The van der Waals surface area contributed by atoms with Crippen LogP contribution in [-0.2, 0) is 0 Å². The van der Waals surface area contributed by atoms with Crippen molar-refractivity contribution in [3.63, 3.8) is 0 Å². The molecule has 6 heteroatoms. The van der Waals surface area contributed by atoms with Gasteiger partial charge in [0, 0.05) is 52.8 Å². The molecule has 4 rings (SSSR count). The SMILES string of the molecule is C/C=C\C(=C(/C)F)N1CCN(C(=O)c2ccc3c(c2)N=C(CCC)c2ccccc2S3)CC1. The maximum Gasteiger partial charge on any atom is 0.254 e. The van der Waals surface area contributed by atoms with Crippen molar-refractivity contribution >= 4 is 29.1 Å². The van der Waals surface area contributed by atoms with Crippen LogP contribution in [0.4, 0.5) is 10.1 Å². The molecule has 1 amide bonds. The standard InChI is InChI=1S/C27H30FN3OS/c1-4-8-22-21-10-6-7-11-25(21)33-26-13-12-20(18-23(26)29-22)27(32)31-16-14-30(15-17-31)24(9-5-2)19(3)28/h5-7,9-13,18H,4,8,14-17H2,1-3H3/b9-5-,24-19-. The zero-order chi connectivity index (χ0) is 23.4. The van der Waals surface area contributed by atoms with Crippen molar-refractivity contribution in [1.82, 2.24) is 9.80 Å². The fourth-order valence-electron chi connectivity index (χ4n) is 4.30. The summed E-state index contributed by atoms with van der Waals surface area (Å²) in [6.07, 6.45) is 5.54. The lowest BCUT2D eigenvalue weighted by Crippen LogP contribution is -2.48. The maximum atomic E-state index is 13.9. The molecular weight excluding hydrogens is 433 g/mol. The number of carbonyl (C=O) groups excluding carboxylic acids is 1. The summed E-state index contributed by atoms with van der Waals surface area (Å²) in [5, 5.41) is 0. The Labute approximate surface area is 199 Å². The van der Waals surface area contributed by atoms with Gasteiger partial charge in [0.2, 0.25) is 0 Å². The lowest BCUT2D eigenvalue weighted by Gasteiger charge is -2.36. The first-order valence-electron chi connectivity index (χ1n) is 11.5. The first-order chi connectivity index (χ1) is 16.0. The van der Waals surface area contributed by atoms with Crippen molar-refractivity contribution in [2.24, 2.45) is 4.99 Å². The number of rotatable bonds is 5. The van der Waals surface area contributed by atoms with E-state index in [0.717, 1.165) is 29.1 Å². The number of piperazine rings is 1. The number of hydrogen-bond donors (Lipinski definition) is 0. The van der Waals surface area contributed by atoms with E-state index in [1.165, 1.54) is 17.4 Å². The van der Waals surface area contributed by atoms with Crippen molar-refractivity contribution in [3.05, 3.63) is 77.3 Å². The normalized spacial score (nSPS) is 16.7. The highest BCUT2D eigenvalue weighted by molar-refractivity contribution is 7.99. The highest BCUT2D eigenvalue weighted by Crippen LogP contribution is 2.41. The van der Waals surface area contributed by atoms with Crippen molar-refractivity contribution < 1.29 is 9.18 Å². The second-order valence-corrected chi connectivity index (χ2v) is 9.37. The summed E-state index contributed by atoms with van der Waals surface area (Å²) in [5.41, 5.74) is 4.36. The van der Waals surface area contributed by atoms with Crippen molar-refractivity contribution in [2.75, 3.05) is 26.2 Å². The minimum Gasteiger partial charge on any atom is -0.366 e. The minimum absolute atomic E-state index is 0.00462. The maximum absolute atomic E-state index is 13.9. The summed E-state index contributed by atoms with van der Waals surface area (Å²) in [5.74, 6) is -0.192. The number of carbonyl (C=O) groups is 1. The molecule has 1 fully saturated rings. The molecule has 172 valence electrons. The average molecular weight is 464 g/mol. The van der Waals surface area contributed by atoms with Gasteiger partial charge in [-0.25, -0.2) is 4.39 Å². The minimum atomic E-state index is -0.196. The number of halogens is 1. The number of fused-ring (bicyclic) bond motifs is 2. The Morgan fingerprint density at radius 1 is 1.09 bits per heavy atom. The molecule has 0 unspecified atom stereocenters. The van der Waals surface area contributed by atoms with Crippen LogP contribution in [0.3, 0.4) is 0 Å². The average Bonchev–Trinajstić information content (AvgIpc) is 2.98. The van der Waals surface area contributed by atoms with E-state index in [1.807, 2.05) is 41.0 Å². The van der Waals surface area contributed by atoms with Gasteiger partial charge in [-0.3, -0.25) is 9.79 Å². The zero-order valence-corrected chi connectivity index (χ0v) is 20.3. The molecular formula is C27H30FN3OS. The smallest absolute Gasteiger partial charge is 0.254 e. The molecule has 0 aliphatic carbocycles. The summed E-state index contributed by atoms with van der Waals surface area (Å²) >= 11 is 1.71. The largest absolute Gasteiger partial charge is 0.366 e. The van der Waals surface area contributed by atoms with E-state index in [4.69, 9.17) is 4.99 Å². The molecule has 0 bridgehead atoms. The Kier molecular flexibility index (Phi) is 7.33. The third-order valence-corrected chi connectivity index (χ3v) is 7.09. The number of amides is 1. The molecule has 0 aromatic heterocycles.